The van der Waals surface area contributed by atoms with Crippen LogP contribution in [0, 0.1) is 5.92 Å². The summed E-state index contributed by atoms with van der Waals surface area (Å²) in [6.07, 6.45) is 1.47. The molecule has 2 aromatic carbocycles. The number of carbonyl (C=O) groups is 1. The Balaban J connectivity index is 1.70. The maximum absolute atomic E-state index is 13.2. The molecule has 2 heterocycles. The summed E-state index contributed by atoms with van der Waals surface area (Å²) in [6, 6.07) is 16.7. The molecule has 3 aromatic rings. The second kappa shape index (κ2) is 7.56. The van der Waals surface area contributed by atoms with Gasteiger partial charge in [0.15, 0.2) is 0 Å². The number of amides is 1. The van der Waals surface area contributed by atoms with Gasteiger partial charge in [0.2, 0.25) is 11.9 Å². The van der Waals surface area contributed by atoms with Crippen LogP contribution in [0.25, 0.3) is 0 Å². The molecule has 2 N–H and O–H groups in total. The fourth-order valence-corrected chi connectivity index (χ4v) is 3.40. The van der Waals surface area contributed by atoms with Crippen LogP contribution in [0.1, 0.15) is 18.5 Å². The third kappa shape index (κ3) is 3.34. The van der Waals surface area contributed by atoms with Crippen molar-refractivity contribution in [2.45, 2.75) is 13.0 Å². The zero-order chi connectivity index (χ0) is 19.5. The SMILES string of the molecule is C=C1Nc2ncnn2[C@@H](c2ccc(OCC)cc2)[C@H]1C(=O)Nc1ccccc1. The highest BCUT2D eigenvalue weighted by atomic mass is 16.5. The molecule has 7 heteroatoms. The molecule has 0 radical (unpaired) electrons. The number of nitrogens with one attached hydrogen (secondary N) is 2. The van der Waals surface area contributed by atoms with Crippen LogP contribution in [-0.4, -0.2) is 27.3 Å². The average molecular weight is 375 g/mol. The molecule has 142 valence electrons. The summed E-state index contributed by atoms with van der Waals surface area (Å²) >= 11 is 0. The van der Waals surface area contributed by atoms with Gasteiger partial charge in [-0.05, 0) is 36.8 Å². The zero-order valence-corrected chi connectivity index (χ0v) is 15.5. The second-order valence-electron chi connectivity index (χ2n) is 6.46. The molecule has 1 aromatic heterocycles. The summed E-state index contributed by atoms with van der Waals surface area (Å²) in [5, 5.41) is 10.4. The van der Waals surface area contributed by atoms with E-state index in [1.807, 2.05) is 61.5 Å². The molecule has 1 amide bonds. The summed E-state index contributed by atoms with van der Waals surface area (Å²) in [4.78, 5) is 17.4. The maximum atomic E-state index is 13.2. The number of para-hydroxylation sites is 1. The summed E-state index contributed by atoms with van der Waals surface area (Å²) < 4.78 is 7.25. The first-order valence-electron chi connectivity index (χ1n) is 9.11. The van der Waals surface area contributed by atoms with Crippen molar-refractivity contribution in [2.24, 2.45) is 5.92 Å². The van der Waals surface area contributed by atoms with E-state index in [1.165, 1.54) is 6.33 Å². The van der Waals surface area contributed by atoms with Gasteiger partial charge >= 0.3 is 0 Å². The van der Waals surface area contributed by atoms with E-state index < -0.39 is 5.92 Å². The minimum Gasteiger partial charge on any atom is -0.494 e. The smallest absolute Gasteiger partial charge is 0.235 e. The minimum absolute atomic E-state index is 0.163. The second-order valence-corrected chi connectivity index (χ2v) is 6.46. The van der Waals surface area contributed by atoms with Crippen molar-refractivity contribution in [2.75, 3.05) is 17.2 Å². The molecule has 0 unspecified atom stereocenters. The van der Waals surface area contributed by atoms with Crippen molar-refractivity contribution >= 4 is 17.5 Å². The molecule has 0 bridgehead atoms. The highest BCUT2D eigenvalue weighted by Crippen LogP contribution is 2.38. The number of hydrogen-bond acceptors (Lipinski definition) is 5. The van der Waals surface area contributed by atoms with Crippen molar-refractivity contribution in [1.82, 2.24) is 14.8 Å². The van der Waals surface area contributed by atoms with Gasteiger partial charge in [-0.3, -0.25) is 4.79 Å². The van der Waals surface area contributed by atoms with Gasteiger partial charge in [-0.2, -0.15) is 10.1 Å². The van der Waals surface area contributed by atoms with Crippen molar-refractivity contribution in [1.29, 1.82) is 0 Å². The normalized spacial score (nSPS) is 18.1. The number of benzene rings is 2. The fourth-order valence-electron chi connectivity index (χ4n) is 3.40. The lowest BCUT2D eigenvalue weighted by Gasteiger charge is -2.33. The Labute approximate surface area is 163 Å². The van der Waals surface area contributed by atoms with Gasteiger partial charge in [-0.1, -0.05) is 36.9 Å². The number of aromatic nitrogens is 3. The maximum Gasteiger partial charge on any atom is 0.235 e. The molecule has 0 saturated heterocycles. The molecule has 28 heavy (non-hydrogen) atoms. The minimum atomic E-state index is -0.563. The van der Waals surface area contributed by atoms with Crippen molar-refractivity contribution < 1.29 is 9.53 Å². The molecule has 0 aliphatic carbocycles. The first kappa shape index (κ1) is 17.8. The number of hydrogen-bond donors (Lipinski definition) is 2. The first-order valence-corrected chi connectivity index (χ1v) is 9.11. The monoisotopic (exact) mass is 375 g/mol. The van der Waals surface area contributed by atoms with E-state index in [4.69, 9.17) is 4.74 Å². The van der Waals surface area contributed by atoms with E-state index in [1.54, 1.807) is 4.68 Å². The average Bonchev–Trinajstić information content (AvgIpc) is 3.16. The van der Waals surface area contributed by atoms with E-state index in [-0.39, 0.29) is 11.9 Å². The van der Waals surface area contributed by atoms with E-state index >= 15 is 0 Å². The number of ether oxygens (including phenoxy) is 1. The lowest BCUT2D eigenvalue weighted by atomic mass is 9.88. The molecular weight excluding hydrogens is 354 g/mol. The van der Waals surface area contributed by atoms with Crippen LogP contribution in [0.15, 0.2) is 73.2 Å². The molecule has 4 rings (SSSR count). The van der Waals surface area contributed by atoms with Crippen LogP contribution in [0.5, 0.6) is 5.75 Å². The van der Waals surface area contributed by atoms with Gasteiger partial charge in [0, 0.05) is 11.4 Å². The van der Waals surface area contributed by atoms with Gasteiger partial charge in [-0.15, -0.1) is 0 Å². The van der Waals surface area contributed by atoms with Crippen molar-refractivity contribution in [3.63, 3.8) is 0 Å². The number of rotatable bonds is 5. The summed E-state index contributed by atoms with van der Waals surface area (Å²) in [5.74, 6) is 0.617. The van der Waals surface area contributed by atoms with Crippen LogP contribution in [0.2, 0.25) is 0 Å². The molecule has 7 nitrogen and oxygen atoms in total. The van der Waals surface area contributed by atoms with Gasteiger partial charge in [0.1, 0.15) is 18.0 Å². The van der Waals surface area contributed by atoms with E-state index in [0.717, 1.165) is 17.0 Å². The van der Waals surface area contributed by atoms with Crippen LogP contribution in [-0.2, 0) is 4.79 Å². The van der Waals surface area contributed by atoms with Gasteiger partial charge in [-0.25, -0.2) is 4.68 Å². The lowest BCUT2D eigenvalue weighted by Crippen LogP contribution is -2.39. The van der Waals surface area contributed by atoms with Gasteiger partial charge in [0.25, 0.3) is 0 Å². The van der Waals surface area contributed by atoms with Crippen LogP contribution < -0.4 is 15.4 Å². The van der Waals surface area contributed by atoms with Gasteiger partial charge in [0.05, 0.1) is 12.6 Å². The van der Waals surface area contributed by atoms with Crippen molar-refractivity contribution in [3.8, 4) is 5.75 Å². The Morgan fingerprint density at radius 1 is 1.21 bits per heavy atom. The molecule has 0 fully saturated rings. The highest BCUT2D eigenvalue weighted by Gasteiger charge is 2.39. The van der Waals surface area contributed by atoms with E-state index in [0.29, 0.717) is 18.3 Å². The van der Waals surface area contributed by atoms with Crippen LogP contribution in [0.3, 0.4) is 0 Å². The molecule has 1 aliphatic heterocycles. The number of carbonyl (C=O) groups excluding carboxylic acids is 1. The van der Waals surface area contributed by atoms with Crippen LogP contribution >= 0.6 is 0 Å². The van der Waals surface area contributed by atoms with Gasteiger partial charge < -0.3 is 15.4 Å². The summed E-state index contributed by atoms with van der Waals surface area (Å²) in [7, 11) is 0. The Morgan fingerprint density at radius 3 is 2.68 bits per heavy atom. The predicted molar refractivity (Wildman–Crippen MR) is 107 cm³/mol. The molecule has 1 aliphatic rings. The molecular formula is C21H21N5O2. The van der Waals surface area contributed by atoms with Crippen molar-refractivity contribution in [3.05, 3.63) is 78.8 Å². The largest absolute Gasteiger partial charge is 0.494 e. The predicted octanol–water partition coefficient (Wildman–Crippen LogP) is 3.46. The Bertz CT molecular complexity index is 982. The Kier molecular flexibility index (Phi) is 4.80. The third-order valence-corrected chi connectivity index (χ3v) is 4.66. The first-order chi connectivity index (χ1) is 13.7. The molecule has 2 atom stereocenters. The van der Waals surface area contributed by atoms with E-state index in [2.05, 4.69) is 27.3 Å². The number of nitrogens with zero attached hydrogens (tertiary/aromatic N) is 3. The number of anilines is 2. The molecule has 0 saturated carbocycles. The number of fused-ring (bicyclic) bond motifs is 1. The van der Waals surface area contributed by atoms with Crippen LogP contribution in [0.4, 0.5) is 11.6 Å². The fraction of sp³-hybridized carbons (Fsp3) is 0.190. The Hall–Kier alpha value is -3.61. The highest BCUT2D eigenvalue weighted by molar-refractivity contribution is 5.95. The Morgan fingerprint density at radius 2 is 1.96 bits per heavy atom. The zero-order valence-electron chi connectivity index (χ0n) is 15.5. The quantitative estimate of drug-likeness (QED) is 0.714. The topological polar surface area (TPSA) is 81.1 Å². The lowest BCUT2D eigenvalue weighted by molar-refractivity contribution is -0.119. The third-order valence-electron chi connectivity index (χ3n) is 4.66. The summed E-state index contributed by atoms with van der Waals surface area (Å²) in [5.41, 5.74) is 2.23. The van der Waals surface area contributed by atoms with E-state index in [9.17, 15) is 4.79 Å². The standard InChI is InChI=1S/C21H21N5O2/c1-3-28-17-11-9-15(10-12-17)19-18(14(2)24-21-22-13-23-26(19)21)20(27)25-16-7-5-4-6-8-16/h4-13,18-19H,2-3H2,1H3,(H,25,27)(H,22,23,24)/t18-,19-/m0/s1. The molecule has 0 spiro atoms. The summed E-state index contributed by atoms with van der Waals surface area (Å²) in [6.45, 7) is 6.62.